The van der Waals surface area contributed by atoms with E-state index in [0.717, 1.165) is 52.9 Å². The number of nitrogens with zero attached hydrogens (tertiary/aromatic N) is 2. The van der Waals surface area contributed by atoms with Crippen molar-refractivity contribution in [2.24, 2.45) is 0 Å². The number of aryl methyl sites for hydroxylation is 2. The van der Waals surface area contributed by atoms with E-state index in [4.69, 9.17) is 4.74 Å². The minimum absolute atomic E-state index is 0.111. The third-order valence-corrected chi connectivity index (χ3v) is 7.82. The number of sulfonamides is 1. The van der Waals surface area contributed by atoms with E-state index in [0.29, 0.717) is 11.4 Å². The number of rotatable bonds is 10. The van der Waals surface area contributed by atoms with Crippen LogP contribution < -0.4 is 14.4 Å². The molecule has 3 rings (SSSR count). The summed E-state index contributed by atoms with van der Waals surface area (Å²) in [5, 5.41) is 3.07. The molecule has 8 nitrogen and oxygen atoms in total. The van der Waals surface area contributed by atoms with Crippen LogP contribution in [-0.2, 0) is 26.2 Å². The number of hydrogen-bond acceptors (Lipinski definition) is 5. The third-order valence-electron chi connectivity index (χ3n) is 6.69. The van der Waals surface area contributed by atoms with Crippen LogP contribution in [0.15, 0.2) is 42.5 Å². The Hall–Kier alpha value is -3.07. The van der Waals surface area contributed by atoms with E-state index in [1.807, 2.05) is 38.1 Å². The van der Waals surface area contributed by atoms with Gasteiger partial charge in [0.1, 0.15) is 18.3 Å². The lowest BCUT2D eigenvalue weighted by Crippen LogP contribution is -2.52. The Morgan fingerprint density at radius 1 is 1.08 bits per heavy atom. The highest BCUT2D eigenvalue weighted by Gasteiger charge is 2.31. The largest absolute Gasteiger partial charge is 0.497 e. The van der Waals surface area contributed by atoms with Crippen LogP contribution in [0.1, 0.15) is 49.3 Å². The molecule has 0 unspecified atom stereocenters. The standard InChI is InChI=1S/C27H37N3O5S/c1-19-10-11-20(2)25(16-19)30(36(5,33)34)18-26(31)29(17-22-12-14-24(35-4)15-13-22)21(3)27(32)28-23-8-6-7-9-23/h10-16,21,23H,6-9,17-18H2,1-5H3,(H,28,32)/t21-/m1/s1. The molecular weight excluding hydrogens is 478 g/mol. The van der Waals surface area contributed by atoms with Crippen LogP contribution >= 0.6 is 0 Å². The van der Waals surface area contributed by atoms with Gasteiger partial charge in [0.05, 0.1) is 19.1 Å². The topological polar surface area (TPSA) is 96.0 Å². The normalized spacial score (nSPS) is 14.8. The second-order valence-corrected chi connectivity index (χ2v) is 11.5. The number of carbonyl (C=O) groups is 2. The van der Waals surface area contributed by atoms with Crippen molar-refractivity contribution >= 4 is 27.5 Å². The molecule has 0 heterocycles. The molecule has 0 aliphatic heterocycles. The summed E-state index contributed by atoms with van der Waals surface area (Å²) in [5.74, 6) is -0.00514. The second-order valence-electron chi connectivity index (χ2n) is 9.60. The molecule has 1 atom stereocenters. The molecule has 1 aliphatic carbocycles. The Labute approximate surface area is 214 Å². The van der Waals surface area contributed by atoms with Crippen LogP contribution in [0.3, 0.4) is 0 Å². The van der Waals surface area contributed by atoms with Crippen molar-refractivity contribution in [2.45, 2.75) is 65.1 Å². The minimum Gasteiger partial charge on any atom is -0.497 e. The molecule has 0 spiro atoms. The van der Waals surface area contributed by atoms with Gasteiger partial charge in [0.15, 0.2) is 0 Å². The fourth-order valence-corrected chi connectivity index (χ4v) is 5.38. The summed E-state index contributed by atoms with van der Waals surface area (Å²) in [6, 6.07) is 12.1. The summed E-state index contributed by atoms with van der Waals surface area (Å²) < 4.78 is 31.9. The van der Waals surface area contributed by atoms with Crippen molar-refractivity contribution < 1.29 is 22.7 Å². The Morgan fingerprint density at radius 2 is 1.72 bits per heavy atom. The van der Waals surface area contributed by atoms with Gasteiger partial charge in [-0.2, -0.15) is 0 Å². The quantitative estimate of drug-likeness (QED) is 0.522. The van der Waals surface area contributed by atoms with E-state index in [-0.39, 0.29) is 18.5 Å². The lowest BCUT2D eigenvalue weighted by atomic mass is 10.1. The zero-order chi connectivity index (χ0) is 26.5. The Bertz CT molecular complexity index is 1170. The number of hydrogen-bond donors (Lipinski definition) is 1. The van der Waals surface area contributed by atoms with Gasteiger partial charge in [-0.1, -0.05) is 37.1 Å². The molecule has 36 heavy (non-hydrogen) atoms. The fourth-order valence-electron chi connectivity index (χ4n) is 4.49. The van der Waals surface area contributed by atoms with Crippen molar-refractivity contribution in [3.05, 3.63) is 59.2 Å². The summed E-state index contributed by atoms with van der Waals surface area (Å²) in [4.78, 5) is 28.3. The van der Waals surface area contributed by atoms with E-state index < -0.39 is 28.5 Å². The van der Waals surface area contributed by atoms with E-state index in [9.17, 15) is 18.0 Å². The summed E-state index contributed by atoms with van der Waals surface area (Å²) >= 11 is 0. The molecule has 0 saturated heterocycles. The molecule has 2 amide bonds. The summed E-state index contributed by atoms with van der Waals surface area (Å²) in [6.07, 6.45) is 5.10. The van der Waals surface area contributed by atoms with Gasteiger partial charge in [-0.15, -0.1) is 0 Å². The minimum atomic E-state index is -3.76. The van der Waals surface area contributed by atoms with E-state index >= 15 is 0 Å². The third kappa shape index (κ3) is 7.00. The maximum absolute atomic E-state index is 13.7. The van der Waals surface area contributed by atoms with Crippen LogP contribution in [0, 0.1) is 13.8 Å². The van der Waals surface area contributed by atoms with Gasteiger partial charge < -0.3 is 15.0 Å². The van der Waals surface area contributed by atoms with Gasteiger partial charge in [0.2, 0.25) is 21.8 Å². The molecule has 1 N–H and O–H groups in total. The Kier molecular flexibility index (Phi) is 9.00. The molecule has 1 aliphatic rings. The maximum atomic E-state index is 13.7. The smallest absolute Gasteiger partial charge is 0.244 e. The van der Waals surface area contributed by atoms with E-state index in [1.54, 1.807) is 32.2 Å². The Balaban J connectivity index is 1.90. The van der Waals surface area contributed by atoms with Crippen molar-refractivity contribution in [1.82, 2.24) is 10.2 Å². The van der Waals surface area contributed by atoms with Crippen LogP contribution in [0.25, 0.3) is 0 Å². The molecular formula is C27H37N3O5S. The average Bonchev–Trinajstić information content (AvgIpc) is 3.34. The molecule has 2 aromatic rings. The first-order valence-corrected chi connectivity index (χ1v) is 14.1. The molecule has 0 bridgehead atoms. The molecule has 0 aromatic heterocycles. The first-order valence-electron chi connectivity index (χ1n) is 12.3. The molecule has 0 radical (unpaired) electrons. The number of ether oxygens (including phenoxy) is 1. The van der Waals surface area contributed by atoms with Crippen LogP contribution in [-0.4, -0.2) is 57.1 Å². The lowest BCUT2D eigenvalue weighted by molar-refractivity contribution is -0.139. The highest BCUT2D eigenvalue weighted by Crippen LogP contribution is 2.25. The predicted molar refractivity (Wildman–Crippen MR) is 142 cm³/mol. The number of benzene rings is 2. The monoisotopic (exact) mass is 515 g/mol. The zero-order valence-electron chi connectivity index (χ0n) is 21.8. The van der Waals surface area contributed by atoms with Crippen LogP contribution in [0.5, 0.6) is 5.75 Å². The Morgan fingerprint density at radius 3 is 2.31 bits per heavy atom. The van der Waals surface area contributed by atoms with Gasteiger partial charge in [0.25, 0.3) is 0 Å². The van der Waals surface area contributed by atoms with Crippen molar-refractivity contribution in [2.75, 3.05) is 24.2 Å². The van der Waals surface area contributed by atoms with Gasteiger partial charge in [-0.05, 0) is 68.5 Å². The van der Waals surface area contributed by atoms with Crippen molar-refractivity contribution in [1.29, 1.82) is 0 Å². The summed E-state index contributed by atoms with van der Waals surface area (Å²) in [6.45, 7) is 5.13. The fraction of sp³-hybridized carbons (Fsp3) is 0.481. The van der Waals surface area contributed by atoms with E-state index in [1.165, 1.54) is 4.90 Å². The number of methoxy groups -OCH3 is 1. The zero-order valence-corrected chi connectivity index (χ0v) is 22.6. The predicted octanol–water partition coefficient (Wildman–Crippen LogP) is 3.55. The lowest BCUT2D eigenvalue weighted by Gasteiger charge is -2.32. The molecule has 196 valence electrons. The van der Waals surface area contributed by atoms with E-state index in [2.05, 4.69) is 5.32 Å². The van der Waals surface area contributed by atoms with Crippen LogP contribution in [0.4, 0.5) is 5.69 Å². The number of anilines is 1. The highest BCUT2D eigenvalue weighted by molar-refractivity contribution is 7.92. The molecule has 9 heteroatoms. The number of carbonyl (C=O) groups excluding carboxylic acids is 2. The first-order chi connectivity index (χ1) is 17.0. The summed E-state index contributed by atoms with van der Waals surface area (Å²) in [7, 11) is -2.19. The average molecular weight is 516 g/mol. The van der Waals surface area contributed by atoms with Crippen molar-refractivity contribution in [3.8, 4) is 5.75 Å². The first kappa shape index (κ1) is 27.5. The molecule has 1 fully saturated rings. The second kappa shape index (κ2) is 11.8. The SMILES string of the molecule is COc1ccc(CN(C(=O)CN(c2cc(C)ccc2C)S(C)(=O)=O)[C@H](C)C(=O)NC2CCCC2)cc1. The molecule has 1 saturated carbocycles. The van der Waals surface area contributed by atoms with Gasteiger partial charge in [-0.3, -0.25) is 13.9 Å². The maximum Gasteiger partial charge on any atom is 0.244 e. The molecule has 2 aromatic carbocycles. The van der Waals surface area contributed by atoms with Gasteiger partial charge in [0, 0.05) is 12.6 Å². The summed E-state index contributed by atoms with van der Waals surface area (Å²) in [5.41, 5.74) is 2.89. The van der Waals surface area contributed by atoms with Crippen molar-refractivity contribution in [3.63, 3.8) is 0 Å². The van der Waals surface area contributed by atoms with Crippen LogP contribution in [0.2, 0.25) is 0 Å². The number of amides is 2. The number of nitrogens with one attached hydrogen (secondary N) is 1. The van der Waals surface area contributed by atoms with Gasteiger partial charge in [-0.25, -0.2) is 8.42 Å². The highest BCUT2D eigenvalue weighted by atomic mass is 32.2. The van der Waals surface area contributed by atoms with Gasteiger partial charge >= 0.3 is 0 Å².